The molecule has 0 aromatic rings. The highest BCUT2D eigenvalue weighted by molar-refractivity contribution is 4.86. The minimum absolute atomic E-state index is 0.353. The molecule has 0 spiro atoms. The van der Waals surface area contributed by atoms with Crippen LogP contribution in [-0.4, -0.2) is 33.5 Å². The SMILES string of the molecule is CCC1CCCC(CN)(CCOCCOC)C1. The topological polar surface area (TPSA) is 44.5 Å². The monoisotopic (exact) mass is 243 g/mol. The summed E-state index contributed by atoms with van der Waals surface area (Å²) in [5.41, 5.74) is 6.37. The first-order valence-corrected chi connectivity index (χ1v) is 7.03. The lowest BCUT2D eigenvalue weighted by Gasteiger charge is -2.40. The molecule has 1 aliphatic carbocycles. The molecule has 2 N–H and O–H groups in total. The lowest BCUT2D eigenvalue weighted by molar-refractivity contribution is 0.0360. The predicted octanol–water partition coefficient (Wildman–Crippen LogP) is 2.58. The van der Waals surface area contributed by atoms with Crippen LogP contribution in [0.5, 0.6) is 0 Å². The summed E-state index contributed by atoms with van der Waals surface area (Å²) >= 11 is 0. The first-order valence-electron chi connectivity index (χ1n) is 7.03. The molecule has 2 atom stereocenters. The Hall–Kier alpha value is -0.120. The lowest BCUT2D eigenvalue weighted by atomic mass is 9.67. The molecular formula is C14H29NO2. The van der Waals surface area contributed by atoms with Gasteiger partial charge in [-0.3, -0.25) is 0 Å². The summed E-state index contributed by atoms with van der Waals surface area (Å²) in [6.45, 7) is 5.34. The van der Waals surface area contributed by atoms with Gasteiger partial charge in [0.25, 0.3) is 0 Å². The Morgan fingerprint density at radius 2 is 2.12 bits per heavy atom. The summed E-state index contributed by atoms with van der Waals surface area (Å²) < 4.78 is 10.6. The van der Waals surface area contributed by atoms with Crippen LogP contribution in [0.3, 0.4) is 0 Å². The largest absolute Gasteiger partial charge is 0.382 e. The second-order valence-corrected chi connectivity index (χ2v) is 5.43. The zero-order valence-electron chi connectivity index (χ0n) is 11.5. The van der Waals surface area contributed by atoms with Gasteiger partial charge in [-0.1, -0.05) is 26.2 Å². The lowest BCUT2D eigenvalue weighted by Crippen LogP contribution is -2.37. The average Bonchev–Trinajstić information content (AvgIpc) is 2.39. The maximum Gasteiger partial charge on any atom is 0.0700 e. The van der Waals surface area contributed by atoms with E-state index in [-0.39, 0.29) is 0 Å². The van der Waals surface area contributed by atoms with E-state index >= 15 is 0 Å². The fourth-order valence-corrected chi connectivity index (χ4v) is 2.98. The highest BCUT2D eigenvalue weighted by atomic mass is 16.5. The summed E-state index contributed by atoms with van der Waals surface area (Å²) in [4.78, 5) is 0. The van der Waals surface area contributed by atoms with E-state index in [1.54, 1.807) is 7.11 Å². The van der Waals surface area contributed by atoms with Gasteiger partial charge in [-0.25, -0.2) is 0 Å². The van der Waals surface area contributed by atoms with E-state index in [9.17, 15) is 0 Å². The van der Waals surface area contributed by atoms with Gasteiger partial charge in [-0.2, -0.15) is 0 Å². The molecule has 2 unspecified atom stereocenters. The van der Waals surface area contributed by atoms with Crippen molar-refractivity contribution in [2.75, 3.05) is 33.5 Å². The van der Waals surface area contributed by atoms with Crippen LogP contribution in [0.1, 0.15) is 45.4 Å². The van der Waals surface area contributed by atoms with Gasteiger partial charge in [0.2, 0.25) is 0 Å². The van der Waals surface area contributed by atoms with E-state index < -0.39 is 0 Å². The second kappa shape index (κ2) is 8.06. The van der Waals surface area contributed by atoms with Gasteiger partial charge in [0.05, 0.1) is 13.2 Å². The normalized spacial score (nSPS) is 29.5. The fraction of sp³-hybridized carbons (Fsp3) is 1.00. The van der Waals surface area contributed by atoms with Crippen LogP contribution < -0.4 is 5.73 Å². The van der Waals surface area contributed by atoms with Crippen molar-refractivity contribution in [1.29, 1.82) is 0 Å². The van der Waals surface area contributed by atoms with Crippen molar-refractivity contribution in [3.63, 3.8) is 0 Å². The number of rotatable bonds is 8. The van der Waals surface area contributed by atoms with E-state index in [1.807, 2.05) is 0 Å². The third-order valence-electron chi connectivity index (χ3n) is 4.26. The molecule has 102 valence electrons. The molecule has 3 heteroatoms. The van der Waals surface area contributed by atoms with Crippen LogP contribution in [0.2, 0.25) is 0 Å². The Kier molecular flexibility index (Phi) is 7.09. The van der Waals surface area contributed by atoms with Crippen molar-refractivity contribution >= 4 is 0 Å². The minimum Gasteiger partial charge on any atom is -0.382 e. The Morgan fingerprint density at radius 1 is 1.29 bits per heavy atom. The van der Waals surface area contributed by atoms with Gasteiger partial charge in [-0.15, -0.1) is 0 Å². The molecule has 17 heavy (non-hydrogen) atoms. The van der Waals surface area contributed by atoms with Crippen LogP contribution in [0, 0.1) is 11.3 Å². The first-order chi connectivity index (χ1) is 8.26. The standard InChI is InChI=1S/C14H29NO2/c1-3-13-5-4-6-14(11-13,12-15)7-8-17-10-9-16-2/h13H,3-12,15H2,1-2H3. The van der Waals surface area contributed by atoms with Crippen molar-refractivity contribution in [2.45, 2.75) is 45.4 Å². The van der Waals surface area contributed by atoms with Gasteiger partial charge in [0, 0.05) is 13.7 Å². The van der Waals surface area contributed by atoms with E-state index in [0.29, 0.717) is 18.6 Å². The summed E-state index contributed by atoms with van der Waals surface area (Å²) in [6.07, 6.45) is 7.73. The van der Waals surface area contributed by atoms with E-state index in [0.717, 1.165) is 25.5 Å². The van der Waals surface area contributed by atoms with Gasteiger partial charge in [0.1, 0.15) is 0 Å². The number of nitrogens with two attached hydrogens (primary N) is 1. The molecule has 3 nitrogen and oxygen atoms in total. The zero-order chi connectivity index (χ0) is 12.6. The predicted molar refractivity (Wildman–Crippen MR) is 71.0 cm³/mol. The van der Waals surface area contributed by atoms with Crippen LogP contribution in [0.4, 0.5) is 0 Å². The highest BCUT2D eigenvalue weighted by Crippen LogP contribution is 2.42. The maximum absolute atomic E-state index is 6.02. The number of hydrogen-bond acceptors (Lipinski definition) is 3. The van der Waals surface area contributed by atoms with E-state index in [1.165, 1.54) is 32.1 Å². The summed E-state index contributed by atoms with van der Waals surface area (Å²) in [5, 5.41) is 0. The van der Waals surface area contributed by atoms with Crippen molar-refractivity contribution in [3.05, 3.63) is 0 Å². The molecular weight excluding hydrogens is 214 g/mol. The molecule has 1 aliphatic rings. The van der Waals surface area contributed by atoms with Gasteiger partial charge in [-0.05, 0) is 37.1 Å². The Labute approximate surface area is 106 Å². The first kappa shape index (κ1) is 14.9. The highest BCUT2D eigenvalue weighted by Gasteiger charge is 2.34. The molecule has 0 aliphatic heterocycles. The Morgan fingerprint density at radius 3 is 2.76 bits per heavy atom. The quantitative estimate of drug-likeness (QED) is 0.666. The summed E-state index contributed by atoms with van der Waals surface area (Å²) in [7, 11) is 1.71. The van der Waals surface area contributed by atoms with Gasteiger partial charge < -0.3 is 15.2 Å². The summed E-state index contributed by atoms with van der Waals surface area (Å²) in [6, 6.07) is 0. The van der Waals surface area contributed by atoms with Crippen molar-refractivity contribution < 1.29 is 9.47 Å². The zero-order valence-corrected chi connectivity index (χ0v) is 11.5. The van der Waals surface area contributed by atoms with Crippen molar-refractivity contribution in [2.24, 2.45) is 17.1 Å². The number of methoxy groups -OCH3 is 1. The number of hydrogen-bond donors (Lipinski definition) is 1. The maximum atomic E-state index is 6.02. The number of ether oxygens (including phenoxy) is 2. The van der Waals surface area contributed by atoms with Crippen molar-refractivity contribution in [1.82, 2.24) is 0 Å². The van der Waals surface area contributed by atoms with Crippen LogP contribution >= 0.6 is 0 Å². The minimum atomic E-state index is 0.353. The van der Waals surface area contributed by atoms with Crippen LogP contribution in [0.15, 0.2) is 0 Å². The molecule has 0 bridgehead atoms. The molecule has 0 aromatic carbocycles. The molecule has 0 radical (unpaired) electrons. The van der Waals surface area contributed by atoms with E-state index in [2.05, 4.69) is 6.92 Å². The fourth-order valence-electron chi connectivity index (χ4n) is 2.98. The Balaban J connectivity index is 2.29. The molecule has 1 fully saturated rings. The van der Waals surface area contributed by atoms with Crippen LogP contribution in [-0.2, 0) is 9.47 Å². The summed E-state index contributed by atoms with van der Waals surface area (Å²) in [5.74, 6) is 0.881. The second-order valence-electron chi connectivity index (χ2n) is 5.43. The molecule has 1 saturated carbocycles. The molecule has 0 heterocycles. The van der Waals surface area contributed by atoms with E-state index in [4.69, 9.17) is 15.2 Å². The third-order valence-corrected chi connectivity index (χ3v) is 4.26. The molecule has 0 amide bonds. The Bertz CT molecular complexity index is 199. The van der Waals surface area contributed by atoms with Gasteiger partial charge >= 0.3 is 0 Å². The molecule has 0 aromatic heterocycles. The van der Waals surface area contributed by atoms with Crippen molar-refractivity contribution in [3.8, 4) is 0 Å². The molecule has 1 rings (SSSR count). The smallest absolute Gasteiger partial charge is 0.0700 e. The third kappa shape index (κ3) is 4.94. The van der Waals surface area contributed by atoms with Crippen LogP contribution in [0.25, 0.3) is 0 Å². The van der Waals surface area contributed by atoms with Gasteiger partial charge in [0.15, 0.2) is 0 Å². The molecule has 0 saturated heterocycles. The average molecular weight is 243 g/mol.